The van der Waals surface area contributed by atoms with Crippen LogP contribution in [0.25, 0.3) is 10.2 Å². The monoisotopic (exact) mass is 439 g/mol. The lowest BCUT2D eigenvalue weighted by molar-refractivity contribution is -0.134. The summed E-state index contributed by atoms with van der Waals surface area (Å²) in [4.78, 5) is 28.8. The fourth-order valence-electron chi connectivity index (χ4n) is 4.91. The van der Waals surface area contributed by atoms with Crippen molar-refractivity contribution >= 4 is 33.4 Å². The van der Waals surface area contributed by atoms with Crippen molar-refractivity contribution < 1.29 is 14.0 Å². The second-order valence-corrected chi connectivity index (χ2v) is 9.80. The topological polar surface area (TPSA) is 54.3 Å². The molecule has 0 unspecified atom stereocenters. The van der Waals surface area contributed by atoms with Crippen LogP contribution in [0.3, 0.4) is 0 Å². The van der Waals surface area contributed by atoms with Gasteiger partial charge in [-0.3, -0.25) is 9.59 Å². The van der Waals surface area contributed by atoms with Gasteiger partial charge in [-0.05, 0) is 43.3 Å². The van der Waals surface area contributed by atoms with E-state index in [-0.39, 0.29) is 30.2 Å². The molecule has 0 radical (unpaired) electrons. The Morgan fingerprint density at radius 1 is 1.23 bits per heavy atom. The first-order valence-corrected chi connectivity index (χ1v) is 11.8. The third kappa shape index (κ3) is 3.45. The number of halogens is 1. The zero-order chi connectivity index (χ0) is 21.6. The average molecular weight is 440 g/mol. The minimum absolute atomic E-state index is 0.0545. The molecular weight excluding hydrogens is 413 g/mol. The predicted molar refractivity (Wildman–Crippen MR) is 120 cm³/mol. The van der Waals surface area contributed by atoms with E-state index in [0.29, 0.717) is 17.8 Å². The number of rotatable bonds is 4. The van der Waals surface area contributed by atoms with Crippen molar-refractivity contribution in [1.29, 1.82) is 0 Å². The minimum Gasteiger partial charge on any atom is -0.351 e. The Hall–Kier alpha value is -2.67. The van der Waals surface area contributed by atoms with Crippen LogP contribution < -0.4 is 5.32 Å². The van der Waals surface area contributed by atoms with Gasteiger partial charge in [0.2, 0.25) is 5.91 Å². The third-order valence-electron chi connectivity index (χ3n) is 6.76. The number of thiophene rings is 1. The number of benzene rings is 1. The molecule has 1 aliphatic carbocycles. The lowest BCUT2D eigenvalue weighted by Crippen LogP contribution is -2.64. The molecule has 0 saturated heterocycles. The summed E-state index contributed by atoms with van der Waals surface area (Å²) in [6.45, 7) is 2.21. The van der Waals surface area contributed by atoms with Crippen LogP contribution in [0.4, 0.5) is 4.39 Å². The molecule has 1 aliphatic heterocycles. The maximum absolute atomic E-state index is 14.5. The Morgan fingerprint density at radius 3 is 2.77 bits per heavy atom. The zero-order valence-corrected chi connectivity index (χ0v) is 18.4. The van der Waals surface area contributed by atoms with E-state index in [1.807, 2.05) is 29.0 Å². The van der Waals surface area contributed by atoms with E-state index < -0.39 is 5.54 Å². The van der Waals surface area contributed by atoms with E-state index in [0.717, 1.165) is 35.9 Å². The quantitative estimate of drug-likeness (QED) is 0.640. The smallest absolute Gasteiger partial charge is 0.271 e. The number of amides is 2. The molecular formula is C24H26FN3O2S. The van der Waals surface area contributed by atoms with Crippen LogP contribution in [0.15, 0.2) is 41.8 Å². The van der Waals surface area contributed by atoms with Crippen LogP contribution >= 0.6 is 11.3 Å². The highest BCUT2D eigenvalue weighted by molar-refractivity contribution is 7.17. The largest absolute Gasteiger partial charge is 0.351 e. The average Bonchev–Trinajstić information content (AvgIpc) is 3.35. The standard InChI is InChI=1S/C24H26FN3O2S/c1-24(23(30)26-17-8-3-2-4-9-17)15-27-19-11-12-31-21(19)13-20(27)22(29)28(24)14-16-7-5-6-10-18(16)25/h5-7,10-13,17H,2-4,8-9,14-15H2,1H3,(H,26,30)/t24-/m1/s1. The number of hydrogen-bond acceptors (Lipinski definition) is 3. The van der Waals surface area contributed by atoms with Crippen molar-refractivity contribution in [2.45, 2.75) is 63.7 Å². The summed E-state index contributed by atoms with van der Waals surface area (Å²) in [7, 11) is 0. The maximum atomic E-state index is 14.5. The van der Waals surface area contributed by atoms with Crippen molar-refractivity contribution in [1.82, 2.24) is 14.8 Å². The van der Waals surface area contributed by atoms with Crippen molar-refractivity contribution in [3.63, 3.8) is 0 Å². The second-order valence-electron chi connectivity index (χ2n) is 8.85. The summed E-state index contributed by atoms with van der Waals surface area (Å²) >= 11 is 1.58. The molecule has 0 spiro atoms. The predicted octanol–water partition coefficient (Wildman–Crippen LogP) is 4.71. The second kappa shape index (κ2) is 7.79. The van der Waals surface area contributed by atoms with Crippen LogP contribution in [-0.2, 0) is 17.9 Å². The van der Waals surface area contributed by atoms with Gasteiger partial charge in [-0.15, -0.1) is 11.3 Å². The molecule has 2 amide bonds. The summed E-state index contributed by atoms with van der Waals surface area (Å²) in [6.07, 6.45) is 5.34. The molecule has 7 heteroatoms. The lowest BCUT2D eigenvalue weighted by Gasteiger charge is -2.45. The number of aromatic nitrogens is 1. The van der Waals surface area contributed by atoms with E-state index >= 15 is 0 Å². The van der Waals surface area contributed by atoms with Gasteiger partial charge in [-0.1, -0.05) is 37.5 Å². The van der Waals surface area contributed by atoms with Gasteiger partial charge in [0.15, 0.2) is 0 Å². The minimum atomic E-state index is -1.11. The first-order chi connectivity index (χ1) is 15.0. The molecule has 1 saturated carbocycles. The Balaban J connectivity index is 1.54. The molecule has 1 N–H and O–H groups in total. The summed E-state index contributed by atoms with van der Waals surface area (Å²) in [5.41, 5.74) is 0.823. The first kappa shape index (κ1) is 20.2. The molecule has 2 aromatic heterocycles. The molecule has 1 atom stereocenters. The molecule has 0 bridgehead atoms. The molecule has 2 aliphatic rings. The van der Waals surface area contributed by atoms with Gasteiger partial charge >= 0.3 is 0 Å². The summed E-state index contributed by atoms with van der Waals surface area (Å²) < 4.78 is 17.4. The Morgan fingerprint density at radius 2 is 2.00 bits per heavy atom. The summed E-state index contributed by atoms with van der Waals surface area (Å²) in [6, 6.07) is 10.5. The maximum Gasteiger partial charge on any atom is 0.271 e. The van der Waals surface area contributed by atoms with E-state index in [4.69, 9.17) is 0 Å². The third-order valence-corrected chi connectivity index (χ3v) is 7.62. The molecule has 3 aromatic rings. The van der Waals surface area contributed by atoms with Crippen LogP contribution in [0.2, 0.25) is 0 Å². The van der Waals surface area contributed by atoms with Crippen LogP contribution in [0.5, 0.6) is 0 Å². The molecule has 5 rings (SSSR count). The Kier molecular flexibility index (Phi) is 5.08. The first-order valence-electron chi connectivity index (χ1n) is 10.9. The van der Waals surface area contributed by atoms with Crippen LogP contribution in [-0.4, -0.2) is 32.9 Å². The number of carbonyl (C=O) groups is 2. The molecule has 3 heterocycles. The lowest BCUT2D eigenvalue weighted by atomic mass is 9.91. The van der Waals surface area contributed by atoms with Crippen molar-refractivity contribution in [2.24, 2.45) is 0 Å². The van der Waals surface area contributed by atoms with Gasteiger partial charge in [0.05, 0.1) is 23.3 Å². The van der Waals surface area contributed by atoms with Gasteiger partial charge < -0.3 is 14.8 Å². The normalized spacial score (nSPS) is 22.0. The number of carbonyl (C=O) groups excluding carboxylic acids is 2. The number of hydrogen-bond donors (Lipinski definition) is 1. The molecule has 31 heavy (non-hydrogen) atoms. The van der Waals surface area contributed by atoms with Crippen LogP contribution in [0.1, 0.15) is 55.1 Å². The van der Waals surface area contributed by atoms with Gasteiger partial charge in [-0.2, -0.15) is 0 Å². The van der Waals surface area contributed by atoms with Gasteiger partial charge in [0.25, 0.3) is 5.91 Å². The zero-order valence-electron chi connectivity index (χ0n) is 17.6. The number of nitrogens with one attached hydrogen (secondary N) is 1. The fourth-order valence-corrected chi connectivity index (χ4v) is 5.73. The molecule has 1 fully saturated rings. The van der Waals surface area contributed by atoms with Gasteiger partial charge in [-0.25, -0.2) is 4.39 Å². The number of fused-ring (bicyclic) bond motifs is 3. The molecule has 5 nitrogen and oxygen atoms in total. The van der Waals surface area contributed by atoms with Crippen molar-refractivity contribution in [3.8, 4) is 0 Å². The summed E-state index contributed by atoms with van der Waals surface area (Å²) in [5, 5.41) is 5.20. The van der Waals surface area contributed by atoms with Crippen molar-refractivity contribution in [3.05, 3.63) is 58.9 Å². The highest BCUT2D eigenvalue weighted by Crippen LogP contribution is 2.35. The van der Waals surface area contributed by atoms with E-state index in [2.05, 4.69) is 5.32 Å². The number of nitrogens with zero attached hydrogens (tertiary/aromatic N) is 2. The molecule has 162 valence electrons. The van der Waals surface area contributed by atoms with E-state index in [1.54, 1.807) is 34.4 Å². The van der Waals surface area contributed by atoms with E-state index in [9.17, 15) is 14.0 Å². The van der Waals surface area contributed by atoms with Gasteiger partial charge in [0.1, 0.15) is 17.1 Å². The van der Waals surface area contributed by atoms with Gasteiger partial charge in [0, 0.05) is 11.6 Å². The Bertz CT molecular complexity index is 1150. The highest BCUT2D eigenvalue weighted by Gasteiger charge is 2.48. The SMILES string of the molecule is C[C@]1(C(=O)NC2CCCCC2)Cn2c(cc3sccc32)C(=O)N1Cc1ccccc1F. The van der Waals surface area contributed by atoms with E-state index in [1.165, 1.54) is 12.5 Å². The summed E-state index contributed by atoms with van der Waals surface area (Å²) in [5.74, 6) is -0.765. The Labute approximate surface area is 184 Å². The van der Waals surface area contributed by atoms with Crippen LogP contribution in [0, 0.1) is 5.82 Å². The van der Waals surface area contributed by atoms with Crippen molar-refractivity contribution in [2.75, 3.05) is 0 Å². The fraction of sp³-hybridized carbons (Fsp3) is 0.417. The highest BCUT2D eigenvalue weighted by atomic mass is 32.1. The molecule has 1 aromatic carbocycles.